The van der Waals surface area contributed by atoms with E-state index >= 15 is 0 Å². The van der Waals surface area contributed by atoms with Gasteiger partial charge in [0.15, 0.2) is 0 Å². The van der Waals surface area contributed by atoms with Gasteiger partial charge in [0.1, 0.15) is 5.75 Å². The molecule has 1 aromatic rings. The molecule has 0 spiro atoms. The number of benzene rings is 1. The Morgan fingerprint density at radius 1 is 0.750 bits per heavy atom. The van der Waals surface area contributed by atoms with Crippen molar-refractivity contribution in [1.82, 2.24) is 0 Å². The third-order valence-corrected chi connectivity index (χ3v) is 9.40. The summed E-state index contributed by atoms with van der Waals surface area (Å²) in [6.07, 6.45) is 28.7. The Morgan fingerprint density at radius 2 is 1.25 bits per heavy atom. The van der Waals surface area contributed by atoms with Crippen LogP contribution in [0.2, 0.25) is 0 Å². The molecule has 0 fully saturated rings. The highest BCUT2D eigenvalue weighted by atomic mass is 16.5. The number of ether oxygens (including phenoxy) is 1. The molecule has 232 valence electrons. The molecule has 2 rings (SSSR count). The van der Waals surface area contributed by atoms with Gasteiger partial charge in [-0.25, -0.2) is 0 Å². The molecule has 0 radical (unpaired) electrons. The van der Waals surface area contributed by atoms with Crippen molar-refractivity contribution < 1.29 is 9.84 Å². The Labute approximate surface area is 249 Å². The molecule has 2 unspecified atom stereocenters. The molecule has 1 N–H and O–H groups in total. The van der Waals surface area contributed by atoms with Crippen molar-refractivity contribution in [2.75, 3.05) is 11.5 Å². The number of hydrogen-bond donors (Lipinski definition) is 1. The van der Waals surface area contributed by atoms with Crippen molar-refractivity contribution in [3.63, 3.8) is 0 Å². The van der Waals surface area contributed by atoms with Crippen LogP contribution in [-0.2, 0) is 11.2 Å². The van der Waals surface area contributed by atoms with Crippen LogP contribution in [0.25, 0.3) is 0 Å². The SMILES string of the molecule is CCCCCCCC(CCCCCCC)OCC1Cc2cc(O)ccc2N1C(C)(CCCCC)CCCCCC. The molecule has 0 aromatic heterocycles. The summed E-state index contributed by atoms with van der Waals surface area (Å²) in [5, 5.41) is 10.3. The van der Waals surface area contributed by atoms with Crippen molar-refractivity contribution in [2.24, 2.45) is 0 Å². The second-order valence-corrected chi connectivity index (χ2v) is 13.2. The fourth-order valence-corrected chi connectivity index (χ4v) is 6.94. The van der Waals surface area contributed by atoms with Gasteiger partial charge in [0.25, 0.3) is 0 Å². The first-order valence-electron chi connectivity index (χ1n) is 17.7. The maximum absolute atomic E-state index is 10.3. The maximum atomic E-state index is 10.3. The van der Waals surface area contributed by atoms with Gasteiger partial charge in [-0.05, 0) is 62.8 Å². The summed E-state index contributed by atoms with van der Waals surface area (Å²) in [6, 6.07) is 6.46. The van der Waals surface area contributed by atoms with Crippen LogP contribution >= 0.6 is 0 Å². The molecule has 0 saturated carbocycles. The monoisotopic (exact) mass is 558 g/mol. The number of fused-ring (bicyclic) bond motifs is 1. The van der Waals surface area contributed by atoms with Gasteiger partial charge in [-0.1, -0.05) is 137 Å². The average Bonchev–Trinajstić information content (AvgIpc) is 3.31. The molecule has 40 heavy (non-hydrogen) atoms. The summed E-state index contributed by atoms with van der Waals surface area (Å²) in [5.74, 6) is 0.396. The highest BCUT2D eigenvalue weighted by Gasteiger charge is 2.41. The number of unbranched alkanes of at least 4 members (excludes halogenated alkanes) is 13. The number of anilines is 1. The van der Waals surface area contributed by atoms with Crippen LogP contribution < -0.4 is 4.90 Å². The smallest absolute Gasteiger partial charge is 0.116 e. The zero-order valence-electron chi connectivity index (χ0n) is 27.5. The molecule has 1 heterocycles. The van der Waals surface area contributed by atoms with E-state index in [1.165, 1.54) is 146 Å². The molecular formula is C37H67NO2. The highest BCUT2D eigenvalue weighted by molar-refractivity contribution is 5.63. The second-order valence-electron chi connectivity index (χ2n) is 13.2. The third-order valence-electron chi connectivity index (χ3n) is 9.40. The summed E-state index contributed by atoms with van der Waals surface area (Å²) in [7, 11) is 0. The Hall–Kier alpha value is -1.22. The fraction of sp³-hybridized carbons (Fsp3) is 0.838. The van der Waals surface area contributed by atoms with Crippen LogP contribution in [0.3, 0.4) is 0 Å². The van der Waals surface area contributed by atoms with Gasteiger partial charge < -0.3 is 14.7 Å². The molecule has 1 aliphatic heterocycles. The summed E-state index contributed by atoms with van der Waals surface area (Å²) >= 11 is 0. The van der Waals surface area contributed by atoms with Crippen molar-refractivity contribution in [1.29, 1.82) is 0 Å². The zero-order chi connectivity index (χ0) is 29.1. The van der Waals surface area contributed by atoms with Crippen molar-refractivity contribution in [3.8, 4) is 5.75 Å². The first-order valence-corrected chi connectivity index (χ1v) is 17.7. The number of nitrogens with zero attached hydrogens (tertiary/aromatic N) is 1. The number of rotatable bonds is 25. The minimum absolute atomic E-state index is 0.134. The third kappa shape index (κ3) is 12.3. The molecule has 1 aromatic carbocycles. The second kappa shape index (κ2) is 20.6. The number of phenols is 1. The van der Waals surface area contributed by atoms with Gasteiger partial charge in [0.05, 0.1) is 18.8 Å². The molecule has 3 nitrogen and oxygen atoms in total. The lowest BCUT2D eigenvalue weighted by atomic mass is 9.85. The topological polar surface area (TPSA) is 32.7 Å². The van der Waals surface area contributed by atoms with E-state index in [0.717, 1.165) is 13.0 Å². The molecule has 2 atom stereocenters. The van der Waals surface area contributed by atoms with Crippen molar-refractivity contribution in [3.05, 3.63) is 23.8 Å². The van der Waals surface area contributed by atoms with Crippen LogP contribution in [-0.4, -0.2) is 29.4 Å². The van der Waals surface area contributed by atoms with Crippen LogP contribution in [0.4, 0.5) is 5.69 Å². The summed E-state index contributed by atoms with van der Waals surface area (Å²) in [4.78, 5) is 2.77. The summed E-state index contributed by atoms with van der Waals surface area (Å²) in [5.41, 5.74) is 2.78. The molecule has 0 bridgehead atoms. The van der Waals surface area contributed by atoms with E-state index < -0.39 is 0 Å². The van der Waals surface area contributed by atoms with Gasteiger partial charge in [-0.3, -0.25) is 0 Å². The molecule has 3 heteroatoms. The fourth-order valence-electron chi connectivity index (χ4n) is 6.94. The van der Waals surface area contributed by atoms with Crippen LogP contribution in [0, 0.1) is 0 Å². The predicted octanol–water partition coefficient (Wildman–Crippen LogP) is 11.5. The first-order chi connectivity index (χ1) is 19.5. The quantitative estimate of drug-likeness (QED) is 0.121. The molecule has 0 saturated heterocycles. The highest BCUT2D eigenvalue weighted by Crippen LogP contribution is 2.43. The minimum atomic E-state index is 0.134. The Morgan fingerprint density at radius 3 is 1.82 bits per heavy atom. The van der Waals surface area contributed by atoms with E-state index in [-0.39, 0.29) is 5.54 Å². The zero-order valence-corrected chi connectivity index (χ0v) is 27.5. The van der Waals surface area contributed by atoms with Gasteiger partial charge >= 0.3 is 0 Å². The van der Waals surface area contributed by atoms with Crippen LogP contribution in [0.1, 0.15) is 175 Å². The Kier molecular flexibility index (Phi) is 18.0. The number of phenolic OH excluding ortho intramolecular Hbond substituents is 1. The van der Waals surface area contributed by atoms with E-state index in [9.17, 15) is 5.11 Å². The lowest BCUT2D eigenvalue weighted by Crippen LogP contribution is -2.52. The summed E-state index contributed by atoms with van der Waals surface area (Å²) < 4.78 is 6.89. The predicted molar refractivity (Wildman–Crippen MR) is 176 cm³/mol. The minimum Gasteiger partial charge on any atom is -0.508 e. The van der Waals surface area contributed by atoms with E-state index in [0.29, 0.717) is 17.9 Å². The van der Waals surface area contributed by atoms with Crippen molar-refractivity contribution in [2.45, 2.75) is 194 Å². The Balaban J connectivity index is 2.16. The molecule has 1 aliphatic rings. The Bertz CT molecular complexity index is 751. The molecule has 0 aliphatic carbocycles. The number of aromatic hydroxyl groups is 1. The van der Waals surface area contributed by atoms with E-state index in [2.05, 4.69) is 45.6 Å². The van der Waals surface area contributed by atoms with Gasteiger partial charge in [-0.2, -0.15) is 0 Å². The summed E-state index contributed by atoms with van der Waals surface area (Å²) in [6.45, 7) is 12.6. The lowest BCUT2D eigenvalue weighted by Gasteiger charge is -2.45. The van der Waals surface area contributed by atoms with Gasteiger partial charge in [0.2, 0.25) is 0 Å². The van der Waals surface area contributed by atoms with Crippen LogP contribution in [0.5, 0.6) is 5.75 Å². The molecular weight excluding hydrogens is 490 g/mol. The van der Waals surface area contributed by atoms with Crippen LogP contribution in [0.15, 0.2) is 18.2 Å². The van der Waals surface area contributed by atoms with Crippen molar-refractivity contribution >= 4 is 5.69 Å². The number of hydrogen-bond acceptors (Lipinski definition) is 3. The van der Waals surface area contributed by atoms with E-state index in [4.69, 9.17) is 4.74 Å². The standard InChI is InChI=1S/C37H67NO2/c1-6-10-14-17-19-23-35(24-20-18-15-11-7-2)40-31-33-29-32-30-34(39)25-26-36(32)38(33)37(5,27-21-13-9-4)28-22-16-12-8-3/h25-26,30,33,35,39H,6-24,27-29,31H2,1-5H3. The normalized spacial score (nSPS) is 16.6. The lowest BCUT2D eigenvalue weighted by molar-refractivity contribution is 0.0266. The average molecular weight is 558 g/mol. The van der Waals surface area contributed by atoms with Gasteiger partial charge in [-0.15, -0.1) is 0 Å². The van der Waals surface area contributed by atoms with E-state index in [1.54, 1.807) is 0 Å². The maximum Gasteiger partial charge on any atom is 0.116 e. The van der Waals surface area contributed by atoms with Gasteiger partial charge in [0, 0.05) is 11.2 Å². The van der Waals surface area contributed by atoms with E-state index in [1.807, 2.05) is 12.1 Å². The largest absolute Gasteiger partial charge is 0.508 e. The molecule has 0 amide bonds. The first kappa shape index (κ1) is 35.0.